The summed E-state index contributed by atoms with van der Waals surface area (Å²) in [5, 5.41) is 0. The molecule has 16 heavy (non-hydrogen) atoms. The molecule has 1 aromatic carbocycles. The van der Waals surface area contributed by atoms with Gasteiger partial charge in [-0.3, -0.25) is 0 Å². The summed E-state index contributed by atoms with van der Waals surface area (Å²) >= 11 is 0. The third kappa shape index (κ3) is 2.49. The summed E-state index contributed by atoms with van der Waals surface area (Å²) < 4.78 is 35.2. The van der Waals surface area contributed by atoms with Gasteiger partial charge in [0.1, 0.15) is 11.5 Å². The zero-order valence-corrected chi connectivity index (χ0v) is 9.09. The minimum atomic E-state index is -1.80. The third-order valence-corrected chi connectivity index (χ3v) is 2.17. The van der Waals surface area contributed by atoms with Gasteiger partial charge in [-0.25, -0.2) is 0 Å². The second-order valence-corrected chi connectivity index (χ2v) is 3.01. The Hall–Kier alpha value is -1.62. The highest BCUT2D eigenvalue weighted by molar-refractivity contribution is 5.73. The van der Waals surface area contributed by atoms with E-state index in [2.05, 4.69) is 0 Å². The van der Waals surface area contributed by atoms with E-state index in [0.717, 1.165) is 0 Å². The molecule has 0 aliphatic carbocycles. The van der Waals surface area contributed by atoms with Gasteiger partial charge in [0.2, 0.25) is 0 Å². The van der Waals surface area contributed by atoms with Crippen molar-refractivity contribution in [3.63, 3.8) is 0 Å². The molecule has 0 saturated heterocycles. The molecule has 0 radical (unpaired) electrons. The van der Waals surface area contributed by atoms with Crippen LogP contribution in [0.5, 0.6) is 11.5 Å². The van der Waals surface area contributed by atoms with Crippen LogP contribution in [-0.4, -0.2) is 20.8 Å². The fourth-order valence-electron chi connectivity index (χ4n) is 1.34. The summed E-state index contributed by atoms with van der Waals surface area (Å²) in [7, 11) is 2.90. The van der Waals surface area contributed by atoms with Crippen LogP contribution in [0.15, 0.2) is 24.3 Å². The lowest BCUT2D eigenvalue weighted by Crippen LogP contribution is -2.05. The van der Waals surface area contributed by atoms with E-state index in [1.54, 1.807) is 6.07 Å². The lowest BCUT2D eigenvalue weighted by atomic mass is 10.1. The second-order valence-electron chi connectivity index (χ2n) is 3.01. The molecule has 0 atom stereocenters. The molecular formula is C11H13F2NO2. The smallest absolute Gasteiger partial charge is 0.275 e. The van der Waals surface area contributed by atoms with Crippen LogP contribution < -0.4 is 15.2 Å². The minimum absolute atomic E-state index is 0.223. The van der Waals surface area contributed by atoms with Gasteiger partial charge in [0.25, 0.3) is 6.08 Å². The zero-order chi connectivity index (χ0) is 12.1. The molecule has 88 valence electrons. The predicted octanol–water partition coefficient (Wildman–Crippen LogP) is 2.27. The normalized spacial score (nSPS) is 9.81. The quantitative estimate of drug-likeness (QED) is 0.861. The number of hydrogen-bond acceptors (Lipinski definition) is 3. The highest BCUT2D eigenvalue weighted by atomic mass is 19.3. The van der Waals surface area contributed by atoms with Gasteiger partial charge in [0.15, 0.2) is 0 Å². The number of halogens is 2. The van der Waals surface area contributed by atoms with Gasteiger partial charge in [0.05, 0.1) is 14.2 Å². The highest BCUT2D eigenvalue weighted by Crippen LogP contribution is 2.31. The summed E-state index contributed by atoms with van der Waals surface area (Å²) in [4.78, 5) is 0. The fraction of sp³-hybridized carbons (Fsp3) is 0.273. The lowest BCUT2D eigenvalue weighted by molar-refractivity contribution is 0.392. The molecule has 5 heteroatoms. The van der Waals surface area contributed by atoms with Gasteiger partial charge in [-0.1, -0.05) is 0 Å². The van der Waals surface area contributed by atoms with E-state index in [4.69, 9.17) is 15.2 Å². The van der Waals surface area contributed by atoms with Crippen molar-refractivity contribution in [3.05, 3.63) is 29.8 Å². The van der Waals surface area contributed by atoms with Crippen LogP contribution >= 0.6 is 0 Å². The molecule has 0 bridgehead atoms. The van der Waals surface area contributed by atoms with E-state index in [9.17, 15) is 8.78 Å². The average Bonchev–Trinajstić information content (AvgIpc) is 2.29. The summed E-state index contributed by atoms with van der Waals surface area (Å²) in [5.41, 5.74) is 5.34. The minimum Gasteiger partial charge on any atom is -0.497 e. The Labute approximate surface area is 92.5 Å². The van der Waals surface area contributed by atoms with Crippen LogP contribution in [0.1, 0.15) is 5.56 Å². The molecule has 0 heterocycles. The molecule has 0 aliphatic heterocycles. The van der Waals surface area contributed by atoms with Gasteiger partial charge >= 0.3 is 0 Å². The van der Waals surface area contributed by atoms with E-state index < -0.39 is 6.08 Å². The zero-order valence-electron chi connectivity index (χ0n) is 9.09. The number of methoxy groups -OCH3 is 2. The second kappa shape index (κ2) is 5.46. The topological polar surface area (TPSA) is 44.5 Å². The van der Waals surface area contributed by atoms with Crippen molar-refractivity contribution in [2.45, 2.75) is 0 Å². The molecule has 0 aliphatic rings. The standard InChI is InChI=1S/C11H13F2NO2/c1-15-7-3-4-8(10(5-7)16-2)9(6-14)11(12)13/h3-5H,6,14H2,1-2H3. The van der Waals surface area contributed by atoms with Crippen molar-refractivity contribution in [2.24, 2.45) is 5.73 Å². The lowest BCUT2D eigenvalue weighted by Gasteiger charge is -2.11. The molecule has 1 aromatic rings. The van der Waals surface area contributed by atoms with Crippen molar-refractivity contribution in [1.82, 2.24) is 0 Å². The Morgan fingerprint density at radius 1 is 1.25 bits per heavy atom. The third-order valence-electron chi connectivity index (χ3n) is 2.17. The maximum absolute atomic E-state index is 12.6. The Bertz CT molecular complexity index is 401. The first-order valence-electron chi connectivity index (χ1n) is 4.60. The summed E-state index contributed by atoms with van der Waals surface area (Å²) in [6.07, 6.45) is -1.80. The van der Waals surface area contributed by atoms with E-state index >= 15 is 0 Å². The van der Waals surface area contributed by atoms with Gasteiger partial charge in [-0.2, -0.15) is 8.78 Å². The van der Waals surface area contributed by atoms with Crippen LogP contribution in [0.4, 0.5) is 8.78 Å². The van der Waals surface area contributed by atoms with E-state index in [1.165, 1.54) is 26.4 Å². The SMILES string of the molecule is COc1ccc(C(CN)=C(F)F)c(OC)c1. The molecule has 0 amide bonds. The first-order chi connectivity index (χ1) is 7.63. The average molecular weight is 229 g/mol. The van der Waals surface area contributed by atoms with Gasteiger partial charge in [-0.05, 0) is 12.1 Å². The van der Waals surface area contributed by atoms with Crippen LogP contribution in [-0.2, 0) is 0 Å². The highest BCUT2D eigenvalue weighted by Gasteiger charge is 2.13. The molecule has 1 rings (SSSR count). The Balaban J connectivity index is 3.28. The first kappa shape index (κ1) is 12.4. The van der Waals surface area contributed by atoms with Gasteiger partial charge in [0, 0.05) is 23.7 Å². The van der Waals surface area contributed by atoms with Gasteiger partial charge in [-0.15, -0.1) is 0 Å². The maximum atomic E-state index is 12.6. The van der Waals surface area contributed by atoms with Crippen molar-refractivity contribution < 1.29 is 18.3 Å². The first-order valence-corrected chi connectivity index (χ1v) is 4.60. The molecule has 3 nitrogen and oxygen atoms in total. The Morgan fingerprint density at radius 2 is 1.94 bits per heavy atom. The van der Waals surface area contributed by atoms with Gasteiger partial charge < -0.3 is 15.2 Å². The van der Waals surface area contributed by atoms with Crippen molar-refractivity contribution in [1.29, 1.82) is 0 Å². The molecule has 0 fully saturated rings. The fourth-order valence-corrected chi connectivity index (χ4v) is 1.34. The monoisotopic (exact) mass is 229 g/mol. The molecule has 2 N–H and O–H groups in total. The molecule has 0 saturated carbocycles. The van der Waals surface area contributed by atoms with Crippen LogP contribution in [0, 0.1) is 0 Å². The largest absolute Gasteiger partial charge is 0.497 e. The van der Waals surface area contributed by atoms with Crippen LogP contribution in [0.25, 0.3) is 5.57 Å². The number of ether oxygens (including phenoxy) is 2. The van der Waals surface area contributed by atoms with Crippen molar-refractivity contribution in [2.75, 3.05) is 20.8 Å². The number of rotatable bonds is 4. The number of benzene rings is 1. The molecule has 0 spiro atoms. The van der Waals surface area contributed by atoms with Crippen LogP contribution in [0.2, 0.25) is 0 Å². The molecule has 0 unspecified atom stereocenters. The van der Waals surface area contributed by atoms with Crippen molar-refractivity contribution >= 4 is 5.57 Å². The summed E-state index contributed by atoms with van der Waals surface area (Å²) in [5.74, 6) is 0.851. The number of nitrogens with two attached hydrogens (primary N) is 1. The van der Waals surface area contributed by atoms with E-state index in [0.29, 0.717) is 11.5 Å². The van der Waals surface area contributed by atoms with E-state index in [-0.39, 0.29) is 17.7 Å². The molecular weight excluding hydrogens is 216 g/mol. The maximum Gasteiger partial charge on any atom is 0.275 e. The number of hydrogen-bond donors (Lipinski definition) is 1. The summed E-state index contributed by atoms with van der Waals surface area (Å²) in [6.45, 7) is -0.245. The Kier molecular flexibility index (Phi) is 4.25. The Morgan fingerprint density at radius 3 is 2.38 bits per heavy atom. The summed E-state index contributed by atoms with van der Waals surface area (Å²) in [6, 6.07) is 4.61. The van der Waals surface area contributed by atoms with E-state index in [1.807, 2.05) is 0 Å². The van der Waals surface area contributed by atoms with Crippen LogP contribution in [0.3, 0.4) is 0 Å². The predicted molar refractivity (Wildman–Crippen MR) is 57.7 cm³/mol. The van der Waals surface area contributed by atoms with Crippen molar-refractivity contribution in [3.8, 4) is 11.5 Å². The molecule has 0 aromatic heterocycles.